The minimum atomic E-state index is 0.849. The number of anilines is 3. The van der Waals surface area contributed by atoms with Crippen LogP contribution < -0.4 is 4.90 Å². The first kappa shape index (κ1) is 25.4. The summed E-state index contributed by atoms with van der Waals surface area (Å²) in [7, 11) is 0. The fourth-order valence-corrected chi connectivity index (χ4v) is 6.56. The molecule has 0 atom stereocenters. The number of hydrogen-bond donors (Lipinski definition) is 0. The highest BCUT2D eigenvalue weighted by molar-refractivity contribution is 6.17. The summed E-state index contributed by atoms with van der Waals surface area (Å²) in [6, 6.07) is 57.2. The summed E-state index contributed by atoms with van der Waals surface area (Å²) in [5.41, 5.74) is 11.2. The highest BCUT2D eigenvalue weighted by Crippen LogP contribution is 2.46. The summed E-state index contributed by atoms with van der Waals surface area (Å²) in [6.45, 7) is 0. The topological polar surface area (TPSA) is 29.5 Å². The molecule has 0 spiro atoms. The third kappa shape index (κ3) is 4.21. The predicted octanol–water partition coefficient (Wildman–Crippen LogP) is 12.3. The summed E-state index contributed by atoms with van der Waals surface area (Å²) in [6.07, 6.45) is 0. The highest BCUT2D eigenvalue weighted by Gasteiger charge is 2.23. The molecule has 0 bridgehead atoms. The van der Waals surface area contributed by atoms with Crippen molar-refractivity contribution in [2.45, 2.75) is 0 Å². The van der Waals surface area contributed by atoms with Gasteiger partial charge in [-0.2, -0.15) is 0 Å². The summed E-state index contributed by atoms with van der Waals surface area (Å²) >= 11 is 0. The number of nitrogens with zero attached hydrogens (tertiary/aromatic N) is 1. The summed E-state index contributed by atoms with van der Waals surface area (Å²) in [5.74, 6) is 0. The van der Waals surface area contributed by atoms with E-state index >= 15 is 0 Å². The zero-order chi connectivity index (χ0) is 29.7. The molecule has 2 heterocycles. The number of furan rings is 2. The van der Waals surface area contributed by atoms with Crippen molar-refractivity contribution in [1.29, 1.82) is 0 Å². The average Bonchev–Trinajstić information content (AvgIpc) is 3.69. The molecule has 45 heavy (non-hydrogen) atoms. The van der Waals surface area contributed by atoms with Gasteiger partial charge in [-0.1, -0.05) is 115 Å². The molecule has 9 aromatic rings. The number of para-hydroxylation sites is 2. The van der Waals surface area contributed by atoms with Crippen LogP contribution in [0, 0.1) is 0 Å². The average molecular weight is 578 g/mol. The molecule has 9 rings (SSSR count). The maximum absolute atomic E-state index is 6.75. The van der Waals surface area contributed by atoms with Crippen molar-refractivity contribution in [3.8, 4) is 22.3 Å². The Kier molecular flexibility index (Phi) is 5.82. The molecule has 0 saturated carbocycles. The van der Waals surface area contributed by atoms with Gasteiger partial charge < -0.3 is 13.7 Å². The van der Waals surface area contributed by atoms with E-state index in [2.05, 4.69) is 144 Å². The zero-order valence-corrected chi connectivity index (χ0v) is 24.4. The number of fused-ring (bicyclic) bond motifs is 6. The molecule has 0 N–H and O–H groups in total. The van der Waals surface area contributed by atoms with Gasteiger partial charge in [0.1, 0.15) is 16.7 Å². The second kappa shape index (κ2) is 10.3. The normalized spacial score (nSPS) is 11.6. The molecule has 0 amide bonds. The number of benzene rings is 7. The second-order valence-corrected chi connectivity index (χ2v) is 11.3. The van der Waals surface area contributed by atoms with Gasteiger partial charge >= 0.3 is 0 Å². The number of hydrogen-bond acceptors (Lipinski definition) is 3. The third-order valence-corrected chi connectivity index (χ3v) is 8.68. The number of rotatable bonds is 5. The van der Waals surface area contributed by atoms with Crippen LogP contribution in [-0.4, -0.2) is 0 Å². The maximum atomic E-state index is 6.75. The summed E-state index contributed by atoms with van der Waals surface area (Å²) < 4.78 is 12.9. The lowest BCUT2D eigenvalue weighted by Crippen LogP contribution is -2.10. The van der Waals surface area contributed by atoms with E-state index in [9.17, 15) is 0 Å². The molecule has 2 aromatic heterocycles. The first-order valence-electron chi connectivity index (χ1n) is 15.2. The van der Waals surface area contributed by atoms with E-state index in [1.54, 1.807) is 0 Å². The van der Waals surface area contributed by atoms with E-state index in [4.69, 9.17) is 8.83 Å². The Labute approximate surface area is 260 Å². The van der Waals surface area contributed by atoms with Crippen LogP contribution >= 0.6 is 0 Å². The molecule has 0 fully saturated rings. The molecule has 0 aliphatic heterocycles. The van der Waals surface area contributed by atoms with E-state index in [1.807, 2.05) is 24.3 Å². The van der Waals surface area contributed by atoms with E-state index in [0.717, 1.165) is 72.1 Å². The Morgan fingerprint density at radius 2 is 0.956 bits per heavy atom. The van der Waals surface area contributed by atoms with Gasteiger partial charge in [0, 0.05) is 32.9 Å². The molecule has 0 saturated heterocycles. The summed E-state index contributed by atoms with van der Waals surface area (Å²) in [4.78, 5) is 2.30. The van der Waals surface area contributed by atoms with E-state index in [-0.39, 0.29) is 0 Å². The lowest BCUT2D eigenvalue weighted by atomic mass is 9.98. The zero-order valence-electron chi connectivity index (χ0n) is 24.4. The van der Waals surface area contributed by atoms with Crippen LogP contribution in [0.3, 0.4) is 0 Å². The van der Waals surface area contributed by atoms with Gasteiger partial charge in [-0.25, -0.2) is 0 Å². The monoisotopic (exact) mass is 577 g/mol. The van der Waals surface area contributed by atoms with Crippen molar-refractivity contribution >= 4 is 60.9 Å². The quantitative estimate of drug-likeness (QED) is 0.204. The van der Waals surface area contributed by atoms with Crippen molar-refractivity contribution < 1.29 is 8.83 Å². The van der Waals surface area contributed by atoms with Crippen LogP contribution in [0.25, 0.3) is 66.1 Å². The Bertz CT molecular complexity index is 2470. The molecular formula is C42H27NO2. The molecule has 3 nitrogen and oxygen atoms in total. The molecule has 0 aliphatic rings. The van der Waals surface area contributed by atoms with Gasteiger partial charge in [0.25, 0.3) is 0 Å². The van der Waals surface area contributed by atoms with E-state index in [1.165, 1.54) is 11.1 Å². The molecule has 7 aromatic carbocycles. The molecule has 0 aliphatic carbocycles. The van der Waals surface area contributed by atoms with Gasteiger partial charge in [0.15, 0.2) is 5.58 Å². The van der Waals surface area contributed by atoms with Crippen LogP contribution in [0.4, 0.5) is 17.1 Å². The van der Waals surface area contributed by atoms with Crippen LogP contribution in [0.2, 0.25) is 0 Å². The SMILES string of the molecule is c1ccc(-c2ccc(N(c3ccc4oc5ccccc5c4c3)c3ccc(-c4ccccc4)c4c3oc3ccccc34)cc2)cc1. The van der Waals surface area contributed by atoms with Crippen molar-refractivity contribution in [2.75, 3.05) is 4.90 Å². The minimum Gasteiger partial charge on any atom is -0.456 e. The maximum Gasteiger partial charge on any atom is 0.160 e. The smallest absolute Gasteiger partial charge is 0.160 e. The Hall–Kier alpha value is -6.06. The van der Waals surface area contributed by atoms with Crippen molar-refractivity contribution in [3.63, 3.8) is 0 Å². The first-order valence-corrected chi connectivity index (χ1v) is 15.2. The lowest BCUT2D eigenvalue weighted by molar-refractivity contribution is 0.669. The van der Waals surface area contributed by atoms with Crippen molar-refractivity contribution in [3.05, 3.63) is 164 Å². The second-order valence-electron chi connectivity index (χ2n) is 11.3. The predicted molar refractivity (Wildman–Crippen MR) is 187 cm³/mol. The van der Waals surface area contributed by atoms with Gasteiger partial charge in [0.05, 0.1) is 5.69 Å². The Morgan fingerprint density at radius 1 is 0.378 bits per heavy atom. The van der Waals surface area contributed by atoms with Gasteiger partial charge in [-0.15, -0.1) is 0 Å². The van der Waals surface area contributed by atoms with E-state index < -0.39 is 0 Å². The van der Waals surface area contributed by atoms with Crippen LogP contribution in [0.1, 0.15) is 0 Å². The van der Waals surface area contributed by atoms with Crippen molar-refractivity contribution in [2.24, 2.45) is 0 Å². The molecular weight excluding hydrogens is 550 g/mol. The van der Waals surface area contributed by atoms with Gasteiger partial charge in [-0.3, -0.25) is 0 Å². The molecule has 212 valence electrons. The summed E-state index contributed by atoms with van der Waals surface area (Å²) in [5, 5.41) is 4.39. The minimum absolute atomic E-state index is 0.849. The van der Waals surface area contributed by atoms with Gasteiger partial charge in [-0.05, 0) is 70.8 Å². The van der Waals surface area contributed by atoms with Gasteiger partial charge in [0.2, 0.25) is 0 Å². The van der Waals surface area contributed by atoms with Crippen LogP contribution in [0.15, 0.2) is 173 Å². The first-order chi connectivity index (χ1) is 22.3. The molecule has 0 unspecified atom stereocenters. The largest absolute Gasteiger partial charge is 0.456 e. The standard InChI is InChI=1S/C42H27NO2/c1-3-11-28(12-4-1)29-19-21-31(22-20-29)43(32-23-26-40-36(27-32)34-15-7-9-17-38(34)44-40)37-25-24-33(30-13-5-2-6-14-30)41-35-16-8-10-18-39(35)45-42(37)41/h1-27H. The Morgan fingerprint density at radius 3 is 1.71 bits per heavy atom. The highest BCUT2D eigenvalue weighted by atomic mass is 16.3. The lowest BCUT2D eigenvalue weighted by Gasteiger charge is -2.26. The van der Waals surface area contributed by atoms with Crippen LogP contribution in [0.5, 0.6) is 0 Å². The molecule has 3 heteroatoms. The Balaban J connectivity index is 1.31. The van der Waals surface area contributed by atoms with Crippen LogP contribution in [-0.2, 0) is 0 Å². The fraction of sp³-hybridized carbons (Fsp3) is 0. The molecule has 0 radical (unpaired) electrons. The third-order valence-electron chi connectivity index (χ3n) is 8.68. The van der Waals surface area contributed by atoms with Crippen molar-refractivity contribution in [1.82, 2.24) is 0 Å². The fourth-order valence-electron chi connectivity index (χ4n) is 6.56. The van der Waals surface area contributed by atoms with E-state index in [0.29, 0.717) is 0 Å².